The fraction of sp³-hybridized carbons (Fsp3) is 0.417. The number of fused-ring (bicyclic) bond motifs is 1. The molecule has 9 heteroatoms. The standard InChI is InChI=1S/C12H17N3O4S.ClH/c1-3-13-6-7-14-20(17,18)9-4-5-10-11(8-9)19-12(16)15(10)2;/h4-5,8,13-14H,3,6-7H2,1-2H3;1H. The summed E-state index contributed by atoms with van der Waals surface area (Å²) in [5.74, 6) is -0.519. The number of aryl methyl sites for hydroxylation is 1. The van der Waals surface area contributed by atoms with Crippen molar-refractivity contribution in [1.82, 2.24) is 14.6 Å². The number of hydrogen-bond acceptors (Lipinski definition) is 5. The van der Waals surface area contributed by atoms with Crippen LogP contribution >= 0.6 is 12.4 Å². The third-order valence-corrected chi connectivity index (χ3v) is 4.38. The first-order valence-corrected chi connectivity index (χ1v) is 7.74. The van der Waals surface area contributed by atoms with E-state index in [1.807, 2.05) is 6.92 Å². The van der Waals surface area contributed by atoms with Gasteiger partial charge in [0.1, 0.15) is 0 Å². The van der Waals surface area contributed by atoms with E-state index in [0.29, 0.717) is 18.6 Å². The van der Waals surface area contributed by atoms with Crippen LogP contribution in [-0.4, -0.2) is 32.6 Å². The van der Waals surface area contributed by atoms with Crippen molar-refractivity contribution in [2.75, 3.05) is 19.6 Å². The van der Waals surface area contributed by atoms with Gasteiger partial charge in [0.15, 0.2) is 5.58 Å². The predicted octanol–water partition coefficient (Wildman–Crippen LogP) is 0.441. The fourth-order valence-electron chi connectivity index (χ4n) is 1.82. The Balaban J connectivity index is 0.00000220. The summed E-state index contributed by atoms with van der Waals surface area (Å²) >= 11 is 0. The van der Waals surface area contributed by atoms with Gasteiger partial charge in [0, 0.05) is 26.2 Å². The van der Waals surface area contributed by atoms with Crippen LogP contribution < -0.4 is 15.8 Å². The lowest BCUT2D eigenvalue weighted by Gasteiger charge is -2.06. The molecule has 118 valence electrons. The SMILES string of the molecule is CCNCCNS(=O)(=O)c1ccc2c(c1)oc(=O)n2C.Cl. The molecule has 2 aromatic rings. The second-order valence-electron chi connectivity index (χ2n) is 4.31. The molecule has 0 radical (unpaired) electrons. The minimum Gasteiger partial charge on any atom is -0.408 e. The summed E-state index contributed by atoms with van der Waals surface area (Å²) in [7, 11) is -2.03. The molecule has 0 saturated heterocycles. The van der Waals surface area contributed by atoms with Crippen molar-refractivity contribution >= 4 is 33.5 Å². The molecule has 0 fully saturated rings. The van der Waals surface area contributed by atoms with Gasteiger partial charge < -0.3 is 9.73 Å². The van der Waals surface area contributed by atoms with Gasteiger partial charge in [-0.25, -0.2) is 17.9 Å². The molecule has 1 aromatic heterocycles. The highest BCUT2D eigenvalue weighted by molar-refractivity contribution is 7.89. The molecule has 0 saturated carbocycles. The normalized spacial score (nSPS) is 11.5. The Hall–Kier alpha value is -1.35. The number of likely N-dealkylation sites (N-methyl/N-ethyl adjacent to an activating group) is 1. The summed E-state index contributed by atoms with van der Waals surface area (Å²) in [6.07, 6.45) is 0. The number of aromatic nitrogens is 1. The molecule has 21 heavy (non-hydrogen) atoms. The molecule has 0 aliphatic heterocycles. The Morgan fingerprint density at radius 1 is 1.29 bits per heavy atom. The van der Waals surface area contributed by atoms with Gasteiger partial charge in [0.25, 0.3) is 0 Å². The van der Waals surface area contributed by atoms with Gasteiger partial charge in [0.2, 0.25) is 10.0 Å². The molecule has 2 rings (SSSR count). The summed E-state index contributed by atoms with van der Waals surface area (Å²) in [4.78, 5) is 11.4. The molecule has 1 aromatic carbocycles. The number of benzene rings is 1. The zero-order valence-corrected chi connectivity index (χ0v) is 13.4. The van der Waals surface area contributed by atoms with E-state index < -0.39 is 15.8 Å². The third kappa shape index (κ3) is 3.85. The number of nitrogens with one attached hydrogen (secondary N) is 2. The Labute approximate surface area is 128 Å². The fourth-order valence-corrected chi connectivity index (χ4v) is 2.86. The first-order valence-electron chi connectivity index (χ1n) is 6.25. The maximum Gasteiger partial charge on any atom is 0.419 e. The lowest BCUT2D eigenvalue weighted by molar-refractivity contribution is 0.527. The van der Waals surface area contributed by atoms with Gasteiger partial charge >= 0.3 is 5.76 Å². The van der Waals surface area contributed by atoms with Gasteiger partial charge in [-0.15, -0.1) is 12.4 Å². The molecule has 0 aliphatic carbocycles. The van der Waals surface area contributed by atoms with Crippen LogP contribution in [0.1, 0.15) is 6.92 Å². The van der Waals surface area contributed by atoms with Crippen molar-refractivity contribution in [3.63, 3.8) is 0 Å². The van der Waals surface area contributed by atoms with Crippen LogP contribution in [-0.2, 0) is 17.1 Å². The molecule has 1 heterocycles. The van der Waals surface area contributed by atoms with Crippen molar-refractivity contribution < 1.29 is 12.8 Å². The predicted molar refractivity (Wildman–Crippen MR) is 82.4 cm³/mol. The number of oxazole rings is 1. The molecule has 0 bridgehead atoms. The van der Waals surface area contributed by atoms with Crippen LogP contribution in [0.3, 0.4) is 0 Å². The monoisotopic (exact) mass is 335 g/mol. The highest BCUT2D eigenvalue weighted by Gasteiger charge is 2.16. The van der Waals surface area contributed by atoms with Gasteiger partial charge in [0.05, 0.1) is 10.4 Å². The Morgan fingerprint density at radius 3 is 2.67 bits per heavy atom. The summed E-state index contributed by atoms with van der Waals surface area (Å²) in [5, 5.41) is 3.02. The lowest BCUT2D eigenvalue weighted by atomic mass is 10.3. The highest BCUT2D eigenvalue weighted by Crippen LogP contribution is 2.17. The zero-order chi connectivity index (χ0) is 14.8. The molecule has 0 unspecified atom stereocenters. The van der Waals surface area contributed by atoms with Gasteiger partial charge in [-0.1, -0.05) is 6.92 Å². The Bertz CT molecular complexity index is 766. The van der Waals surface area contributed by atoms with Crippen molar-refractivity contribution in [3.05, 3.63) is 28.7 Å². The number of halogens is 1. The van der Waals surface area contributed by atoms with Crippen LogP contribution in [0.15, 0.2) is 32.3 Å². The highest BCUT2D eigenvalue weighted by atomic mass is 35.5. The van der Waals surface area contributed by atoms with Crippen LogP contribution in [0.5, 0.6) is 0 Å². The van der Waals surface area contributed by atoms with E-state index in [0.717, 1.165) is 6.54 Å². The smallest absolute Gasteiger partial charge is 0.408 e. The second kappa shape index (κ2) is 7.08. The Kier molecular flexibility index (Phi) is 5.97. The van der Waals surface area contributed by atoms with Crippen LogP contribution in [0.2, 0.25) is 0 Å². The van der Waals surface area contributed by atoms with Crippen LogP contribution in [0.25, 0.3) is 11.1 Å². The van der Waals surface area contributed by atoms with Crippen LogP contribution in [0, 0.1) is 0 Å². The Morgan fingerprint density at radius 2 is 2.00 bits per heavy atom. The molecule has 0 aliphatic rings. The minimum absolute atomic E-state index is 0. The van der Waals surface area contributed by atoms with E-state index in [1.165, 1.54) is 16.7 Å². The largest absolute Gasteiger partial charge is 0.419 e. The van der Waals surface area contributed by atoms with Gasteiger partial charge in [-0.2, -0.15) is 0 Å². The van der Waals surface area contributed by atoms with Crippen molar-refractivity contribution in [3.8, 4) is 0 Å². The number of nitrogens with zero attached hydrogens (tertiary/aromatic N) is 1. The topological polar surface area (TPSA) is 93.3 Å². The molecular formula is C12H18ClN3O4S. The minimum atomic E-state index is -3.60. The summed E-state index contributed by atoms with van der Waals surface area (Å²) < 4.78 is 32.9. The first-order chi connectivity index (χ1) is 9.45. The van der Waals surface area contributed by atoms with Crippen molar-refractivity contribution in [1.29, 1.82) is 0 Å². The van der Waals surface area contributed by atoms with E-state index in [4.69, 9.17) is 4.42 Å². The van der Waals surface area contributed by atoms with E-state index in [-0.39, 0.29) is 22.9 Å². The van der Waals surface area contributed by atoms with Crippen LogP contribution in [0.4, 0.5) is 0 Å². The molecule has 2 N–H and O–H groups in total. The quantitative estimate of drug-likeness (QED) is 0.747. The lowest BCUT2D eigenvalue weighted by Crippen LogP contribution is -2.31. The molecule has 0 spiro atoms. The van der Waals surface area contributed by atoms with Crippen molar-refractivity contribution in [2.24, 2.45) is 7.05 Å². The maximum atomic E-state index is 12.1. The summed E-state index contributed by atoms with van der Waals surface area (Å²) in [6, 6.07) is 4.36. The van der Waals surface area contributed by atoms with E-state index >= 15 is 0 Å². The molecule has 7 nitrogen and oxygen atoms in total. The number of sulfonamides is 1. The van der Waals surface area contributed by atoms with E-state index in [2.05, 4.69) is 10.0 Å². The van der Waals surface area contributed by atoms with E-state index in [9.17, 15) is 13.2 Å². The average Bonchev–Trinajstić information content (AvgIpc) is 2.70. The average molecular weight is 336 g/mol. The maximum absolute atomic E-state index is 12.1. The number of rotatable bonds is 6. The van der Waals surface area contributed by atoms with Crippen molar-refractivity contribution in [2.45, 2.75) is 11.8 Å². The molecular weight excluding hydrogens is 318 g/mol. The second-order valence-corrected chi connectivity index (χ2v) is 6.07. The summed E-state index contributed by atoms with van der Waals surface area (Å²) in [6.45, 7) is 3.58. The number of hydrogen-bond donors (Lipinski definition) is 2. The first kappa shape index (κ1) is 17.7. The zero-order valence-electron chi connectivity index (χ0n) is 11.8. The van der Waals surface area contributed by atoms with Gasteiger partial charge in [-0.05, 0) is 18.7 Å². The molecule has 0 atom stereocenters. The third-order valence-electron chi connectivity index (χ3n) is 2.92. The van der Waals surface area contributed by atoms with Gasteiger partial charge in [-0.3, -0.25) is 4.57 Å². The summed E-state index contributed by atoms with van der Waals surface area (Å²) in [5.41, 5.74) is 0.814. The van der Waals surface area contributed by atoms with E-state index in [1.54, 1.807) is 13.1 Å². The molecule has 0 amide bonds.